The standard InChI is InChI=1S/C26H30FN5O4/c1-3-32(4-2)11-12-35-24-15-22-18(14-19(24)25(28)33)23(9-10-29-22)36-17-7-8-21(20(27)13-17)31-26(34)30-16-5-6-16/h7-10,13-16H,3-6,11-12H2,1-2H3,(H2,28,33)(H2,30,31,34). The molecule has 9 nitrogen and oxygen atoms in total. The number of nitrogens with one attached hydrogen (secondary N) is 2. The van der Waals surface area contributed by atoms with E-state index in [1.807, 2.05) is 0 Å². The molecule has 0 aliphatic heterocycles. The van der Waals surface area contributed by atoms with Crippen LogP contribution >= 0.6 is 0 Å². The lowest BCUT2D eigenvalue weighted by molar-refractivity contribution is 0.0995. The molecule has 0 radical (unpaired) electrons. The van der Waals surface area contributed by atoms with E-state index >= 15 is 0 Å². The van der Waals surface area contributed by atoms with Crippen LogP contribution in [0.15, 0.2) is 42.6 Å². The van der Waals surface area contributed by atoms with Gasteiger partial charge in [0.1, 0.15) is 29.7 Å². The Hall–Kier alpha value is -3.92. The molecule has 1 aliphatic carbocycles. The predicted octanol–water partition coefficient (Wildman–Crippen LogP) is 4.27. The number of hydrogen-bond acceptors (Lipinski definition) is 6. The van der Waals surface area contributed by atoms with E-state index < -0.39 is 17.8 Å². The summed E-state index contributed by atoms with van der Waals surface area (Å²) in [5.41, 5.74) is 6.40. The predicted molar refractivity (Wildman–Crippen MR) is 135 cm³/mol. The molecule has 1 fully saturated rings. The number of carbonyl (C=O) groups is 2. The Bertz CT molecular complexity index is 1260. The average molecular weight is 496 g/mol. The van der Waals surface area contributed by atoms with Crippen LogP contribution in [-0.2, 0) is 0 Å². The van der Waals surface area contributed by atoms with Crippen LogP contribution < -0.4 is 25.8 Å². The third-order valence-corrected chi connectivity index (χ3v) is 5.96. The first kappa shape index (κ1) is 25.2. The van der Waals surface area contributed by atoms with Gasteiger partial charge in [0.05, 0.1) is 16.8 Å². The van der Waals surface area contributed by atoms with Gasteiger partial charge in [-0.3, -0.25) is 9.78 Å². The summed E-state index contributed by atoms with van der Waals surface area (Å²) >= 11 is 0. The average Bonchev–Trinajstić information content (AvgIpc) is 3.67. The van der Waals surface area contributed by atoms with Crippen LogP contribution in [0.3, 0.4) is 0 Å². The van der Waals surface area contributed by atoms with Crippen LogP contribution in [0.2, 0.25) is 0 Å². The molecule has 36 heavy (non-hydrogen) atoms. The number of anilines is 1. The topological polar surface area (TPSA) is 119 Å². The van der Waals surface area contributed by atoms with Gasteiger partial charge in [0.2, 0.25) is 0 Å². The van der Waals surface area contributed by atoms with Crippen LogP contribution in [0.1, 0.15) is 37.0 Å². The normalized spacial score (nSPS) is 13.0. The molecule has 1 saturated carbocycles. The van der Waals surface area contributed by atoms with Gasteiger partial charge in [-0.25, -0.2) is 9.18 Å². The van der Waals surface area contributed by atoms with Gasteiger partial charge >= 0.3 is 6.03 Å². The summed E-state index contributed by atoms with van der Waals surface area (Å²) in [5, 5.41) is 5.76. The zero-order chi connectivity index (χ0) is 25.7. The fraction of sp³-hybridized carbons (Fsp3) is 0.346. The molecule has 190 valence electrons. The number of pyridine rings is 1. The second-order valence-electron chi connectivity index (χ2n) is 8.53. The van der Waals surface area contributed by atoms with Crippen LogP contribution in [-0.4, -0.2) is 54.1 Å². The lowest BCUT2D eigenvalue weighted by atomic mass is 10.1. The molecule has 4 rings (SSSR count). The number of urea groups is 1. The van der Waals surface area contributed by atoms with Gasteiger partial charge in [-0.15, -0.1) is 0 Å². The zero-order valence-electron chi connectivity index (χ0n) is 20.3. The zero-order valence-corrected chi connectivity index (χ0v) is 20.3. The van der Waals surface area contributed by atoms with Gasteiger partial charge in [0.15, 0.2) is 0 Å². The maximum Gasteiger partial charge on any atom is 0.319 e. The second-order valence-corrected chi connectivity index (χ2v) is 8.53. The number of carbonyl (C=O) groups excluding carboxylic acids is 2. The van der Waals surface area contributed by atoms with Crippen molar-refractivity contribution in [3.05, 3.63) is 54.0 Å². The number of likely N-dealkylation sites (N-methyl/N-ethyl adjacent to an activating group) is 1. The number of fused-ring (bicyclic) bond motifs is 1. The van der Waals surface area contributed by atoms with Crippen molar-refractivity contribution < 1.29 is 23.5 Å². The van der Waals surface area contributed by atoms with E-state index in [0.717, 1.165) is 25.9 Å². The third-order valence-electron chi connectivity index (χ3n) is 5.96. The van der Waals surface area contributed by atoms with Crippen molar-refractivity contribution in [1.82, 2.24) is 15.2 Å². The molecule has 0 atom stereocenters. The summed E-state index contributed by atoms with van der Waals surface area (Å²) < 4.78 is 26.4. The molecule has 2 aromatic carbocycles. The molecule has 1 aromatic heterocycles. The van der Waals surface area contributed by atoms with Gasteiger partial charge in [-0.1, -0.05) is 13.8 Å². The lowest BCUT2D eigenvalue weighted by Gasteiger charge is -2.19. The van der Waals surface area contributed by atoms with Crippen molar-refractivity contribution in [3.63, 3.8) is 0 Å². The molecule has 0 unspecified atom stereocenters. The van der Waals surface area contributed by atoms with Crippen molar-refractivity contribution in [2.45, 2.75) is 32.7 Å². The van der Waals surface area contributed by atoms with Crippen molar-refractivity contribution in [2.75, 3.05) is 31.6 Å². The lowest BCUT2D eigenvalue weighted by Crippen LogP contribution is -2.30. The Balaban J connectivity index is 1.54. The van der Waals surface area contributed by atoms with Gasteiger partial charge in [0, 0.05) is 36.3 Å². The Morgan fingerprint density at radius 2 is 1.92 bits per heavy atom. The van der Waals surface area contributed by atoms with Crippen LogP contribution in [0.5, 0.6) is 17.2 Å². The van der Waals surface area contributed by atoms with Gasteiger partial charge in [0.25, 0.3) is 5.91 Å². The maximum atomic E-state index is 14.6. The number of hydrogen-bond donors (Lipinski definition) is 3. The Morgan fingerprint density at radius 3 is 2.58 bits per heavy atom. The first-order valence-electron chi connectivity index (χ1n) is 12.0. The number of aromatic nitrogens is 1. The number of nitrogens with zero attached hydrogens (tertiary/aromatic N) is 2. The summed E-state index contributed by atoms with van der Waals surface area (Å²) in [6, 6.07) is 8.70. The molecular formula is C26H30FN5O4. The molecule has 1 heterocycles. The summed E-state index contributed by atoms with van der Waals surface area (Å²) in [6.07, 6.45) is 3.42. The summed E-state index contributed by atoms with van der Waals surface area (Å²) in [5.74, 6) is -0.358. The first-order valence-corrected chi connectivity index (χ1v) is 12.0. The van der Waals surface area contributed by atoms with E-state index in [1.165, 1.54) is 12.1 Å². The molecule has 4 N–H and O–H groups in total. The number of nitrogens with two attached hydrogens (primary N) is 1. The van der Waals surface area contributed by atoms with E-state index in [-0.39, 0.29) is 23.0 Å². The fourth-order valence-electron chi connectivity index (χ4n) is 3.73. The largest absolute Gasteiger partial charge is 0.491 e. The second kappa shape index (κ2) is 11.2. The molecule has 0 bridgehead atoms. The maximum absolute atomic E-state index is 14.6. The van der Waals surface area contributed by atoms with Crippen LogP contribution in [0.25, 0.3) is 10.9 Å². The number of amides is 3. The number of rotatable bonds is 11. The highest BCUT2D eigenvalue weighted by atomic mass is 19.1. The molecule has 3 amide bonds. The van der Waals surface area contributed by atoms with Crippen molar-refractivity contribution in [1.29, 1.82) is 0 Å². The molecule has 3 aromatic rings. The Kier molecular flexibility index (Phi) is 7.84. The fourth-order valence-corrected chi connectivity index (χ4v) is 3.73. The smallest absolute Gasteiger partial charge is 0.319 e. The number of halogens is 1. The van der Waals surface area contributed by atoms with E-state index in [0.29, 0.717) is 35.6 Å². The van der Waals surface area contributed by atoms with Crippen molar-refractivity contribution >= 4 is 28.5 Å². The SMILES string of the molecule is CCN(CC)CCOc1cc2nccc(Oc3ccc(NC(=O)NC4CC4)c(F)c3)c2cc1C(N)=O. The number of primary amides is 1. The minimum absolute atomic E-state index is 0.0441. The van der Waals surface area contributed by atoms with Crippen molar-refractivity contribution in [2.24, 2.45) is 5.73 Å². The number of benzene rings is 2. The van der Waals surface area contributed by atoms with Gasteiger partial charge < -0.3 is 30.7 Å². The summed E-state index contributed by atoms with van der Waals surface area (Å²) in [4.78, 5) is 30.6. The Labute approximate surface area is 208 Å². The van der Waals surface area contributed by atoms with Crippen molar-refractivity contribution in [3.8, 4) is 17.2 Å². The van der Waals surface area contributed by atoms with Gasteiger partial charge in [-0.05, 0) is 50.2 Å². The minimum Gasteiger partial charge on any atom is -0.491 e. The summed E-state index contributed by atoms with van der Waals surface area (Å²) in [6.45, 7) is 7.03. The monoisotopic (exact) mass is 495 g/mol. The highest BCUT2D eigenvalue weighted by molar-refractivity contribution is 6.01. The van der Waals surface area contributed by atoms with E-state index in [2.05, 4.69) is 34.4 Å². The quantitative estimate of drug-likeness (QED) is 0.366. The summed E-state index contributed by atoms with van der Waals surface area (Å²) in [7, 11) is 0. The van der Waals surface area contributed by atoms with Crippen LogP contribution in [0.4, 0.5) is 14.9 Å². The highest BCUT2D eigenvalue weighted by Crippen LogP contribution is 2.34. The molecular weight excluding hydrogens is 465 g/mol. The molecule has 10 heteroatoms. The minimum atomic E-state index is -0.643. The third kappa shape index (κ3) is 6.19. The molecule has 1 aliphatic rings. The van der Waals surface area contributed by atoms with Crippen LogP contribution in [0, 0.1) is 5.82 Å². The van der Waals surface area contributed by atoms with E-state index in [9.17, 15) is 14.0 Å². The number of ether oxygens (including phenoxy) is 2. The molecule has 0 saturated heterocycles. The first-order chi connectivity index (χ1) is 17.4. The Morgan fingerprint density at radius 1 is 1.14 bits per heavy atom. The molecule has 0 spiro atoms. The van der Waals surface area contributed by atoms with E-state index in [4.69, 9.17) is 15.2 Å². The van der Waals surface area contributed by atoms with Gasteiger partial charge in [-0.2, -0.15) is 0 Å². The van der Waals surface area contributed by atoms with E-state index in [1.54, 1.807) is 30.5 Å². The highest BCUT2D eigenvalue weighted by Gasteiger charge is 2.23.